The van der Waals surface area contributed by atoms with Crippen LogP contribution in [-0.2, 0) is 6.54 Å². The summed E-state index contributed by atoms with van der Waals surface area (Å²) in [5.41, 5.74) is 1.81. The number of allylic oxidation sites excluding steroid dienone is 1. The van der Waals surface area contributed by atoms with Crippen molar-refractivity contribution < 1.29 is 0 Å². The topological polar surface area (TPSA) is 34.9 Å². The average molecular weight is 315 g/mol. The summed E-state index contributed by atoms with van der Waals surface area (Å²) in [4.78, 5) is 18.4. The maximum absolute atomic E-state index is 12.6. The number of aromatic nitrogens is 2. The molecule has 0 saturated heterocycles. The third-order valence-corrected chi connectivity index (χ3v) is 4.72. The van der Waals surface area contributed by atoms with Crippen molar-refractivity contribution >= 4 is 45.5 Å². The number of benzene rings is 1. The van der Waals surface area contributed by atoms with Crippen molar-refractivity contribution in [3.05, 3.63) is 61.8 Å². The number of halogens is 1. The summed E-state index contributed by atoms with van der Waals surface area (Å²) in [5, 5.41) is 3.20. The highest BCUT2D eigenvalue weighted by molar-refractivity contribution is 7.10. The molecular weight excluding hydrogens is 304 g/mol. The van der Waals surface area contributed by atoms with Gasteiger partial charge in [-0.1, -0.05) is 17.7 Å². The van der Waals surface area contributed by atoms with Gasteiger partial charge in [0.1, 0.15) is 5.82 Å². The van der Waals surface area contributed by atoms with Crippen LogP contribution in [0.1, 0.15) is 17.1 Å². The molecule has 0 bridgehead atoms. The molecule has 0 unspecified atom stereocenters. The Kier molecular flexibility index (Phi) is 2.94. The highest BCUT2D eigenvalue weighted by Gasteiger charge is 2.20. The van der Waals surface area contributed by atoms with Crippen LogP contribution in [0.2, 0.25) is 5.02 Å². The molecule has 3 aromatic rings. The number of rotatable bonds is 1. The molecule has 0 spiro atoms. The van der Waals surface area contributed by atoms with Gasteiger partial charge in [-0.3, -0.25) is 9.36 Å². The molecule has 3 nitrogen and oxygen atoms in total. The van der Waals surface area contributed by atoms with E-state index in [4.69, 9.17) is 11.6 Å². The minimum absolute atomic E-state index is 0.00733. The molecule has 0 atom stereocenters. The monoisotopic (exact) mass is 314 g/mol. The molecule has 2 aromatic heterocycles. The molecule has 0 fully saturated rings. The van der Waals surface area contributed by atoms with E-state index in [9.17, 15) is 4.79 Å². The summed E-state index contributed by atoms with van der Waals surface area (Å²) in [6.45, 7) is 0.681. The highest BCUT2D eigenvalue weighted by atomic mass is 35.5. The lowest BCUT2D eigenvalue weighted by Gasteiger charge is -2.05. The average Bonchev–Trinajstić information content (AvgIpc) is 3.11. The Labute approximate surface area is 130 Å². The van der Waals surface area contributed by atoms with Crippen LogP contribution in [0.15, 0.2) is 40.5 Å². The first kappa shape index (κ1) is 12.8. The molecule has 5 heteroatoms. The lowest BCUT2D eigenvalue weighted by Crippen LogP contribution is -2.20. The minimum Gasteiger partial charge on any atom is -0.292 e. The highest BCUT2D eigenvalue weighted by Crippen LogP contribution is 2.29. The van der Waals surface area contributed by atoms with E-state index in [-0.39, 0.29) is 5.56 Å². The smallest absolute Gasteiger partial charge is 0.261 e. The molecule has 3 heterocycles. The SMILES string of the molecule is O=c1c2cc(Cl)ccc2nc2n1CC/C2=C/c1cccs1. The molecular formula is C16H11ClN2OS. The van der Waals surface area contributed by atoms with E-state index < -0.39 is 0 Å². The molecule has 4 rings (SSSR count). The zero-order valence-corrected chi connectivity index (χ0v) is 12.6. The fourth-order valence-electron chi connectivity index (χ4n) is 2.67. The summed E-state index contributed by atoms with van der Waals surface area (Å²) >= 11 is 7.66. The third-order valence-electron chi connectivity index (χ3n) is 3.67. The first-order chi connectivity index (χ1) is 10.2. The molecule has 21 heavy (non-hydrogen) atoms. The van der Waals surface area contributed by atoms with Gasteiger partial charge in [0.2, 0.25) is 0 Å². The molecule has 104 valence electrons. The summed E-state index contributed by atoms with van der Waals surface area (Å²) in [6.07, 6.45) is 2.96. The summed E-state index contributed by atoms with van der Waals surface area (Å²) in [6, 6.07) is 9.36. The molecule has 0 aliphatic carbocycles. The van der Waals surface area contributed by atoms with Gasteiger partial charge < -0.3 is 0 Å². The maximum atomic E-state index is 12.6. The van der Waals surface area contributed by atoms with Crippen molar-refractivity contribution in [2.45, 2.75) is 13.0 Å². The van der Waals surface area contributed by atoms with E-state index in [1.807, 2.05) is 11.4 Å². The van der Waals surface area contributed by atoms with Crippen LogP contribution in [0.3, 0.4) is 0 Å². The van der Waals surface area contributed by atoms with E-state index in [0.717, 1.165) is 17.8 Å². The second-order valence-corrected chi connectivity index (χ2v) is 6.40. The van der Waals surface area contributed by atoms with Crippen LogP contribution in [-0.4, -0.2) is 9.55 Å². The van der Waals surface area contributed by atoms with E-state index in [2.05, 4.69) is 17.1 Å². The molecule has 0 N–H and O–H groups in total. The van der Waals surface area contributed by atoms with Crippen molar-refractivity contribution in [3.8, 4) is 0 Å². The van der Waals surface area contributed by atoms with Crippen molar-refractivity contribution in [2.24, 2.45) is 0 Å². The Morgan fingerprint density at radius 2 is 2.24 bits per heavy atom. The summed E-state index contributed by atoms with van der Waals surface area (Å²) in [5.74, 6) is 0.781. The molecule has 1 aliphatic rings. The van der Waals surface area contributed by atoms with Gasteiger partial charge in [0.15, 0.2) is 0 Å². The third kappa shape index (κ3) is 2.11. The molecule has 0 amide bonds. The van der Waals surface area contributed by atoms with Crippen LogP contribution in [0.4, 0.5) is 0 Å². The van der Waals surface area contributed by atoms with Gasteiger partial charge in [-0.05, 0) is 47.7 Å². The van der Waals surface area contributed by atoms with E-state index in [0.29, 0.717) is 22.5 Å². The van der Waals surface area contributed by atoms with Crippen molar-refractivity contribution in [3.63, 3.8) is 0 Å². The molecule has 1 aliphatic heterocycles. The van der Waals surface area contributed by atoms with Gasteiger partial charge in [0.05, 0.1) is 10.9 Å². The minimum atomic E-state index is -0.00733. The predicted molar refractivity (Wildman–Crippen MR) is 87.8 cm³/mol. The number of nitrogens with zero attached hydrogens (tertiary/aromatic N) is 2. The first-order valence-electron chi connectivity index (χ1n) is 6.67. The van der Waals surface area contributed by atoms with Gasteiger partial charge in [-0.2, -0.15) is 0 Å². The summed E-state index contributed by atoms with van der Waals surface area (Å²) < 4.78 is 1.75. The van der Waals surface area contributed by atoms with E-state index >= 15 is 0 Å². The first-order valence-corrected chi connectivity index (χ1v) is 7.93. The Bertz CT molecular complexity index is 925. The van der Waals surface area contributed by atoms with Crippen molar-refractivity contribution in [1.29, 1.82) is 0 Å². The van der Waals surface area contributed by atoms with Gasteiger partial charge in [0.25, 0.3) is 5.56 Å². The molecule has 0 saturated carbocycles. The lowest BCUT2D eigenvalue weighted by molar-refractivity contribution is 0.725. The van der Waals surface area contributed by atoms with E-state index in [1.54, 1.807) is 34.1 Å². The fourth-order valence-corrected chi connectivity index (χ4v) is 3.53. The van der Waals surface area contributed by atoms with Gasteiger partial charge in [-0.15, -0.1) is 11.3 Å². The Hall–Kier alpha value is -1.91. The van der Waals surface area contributed by atoms with Gasteiger partial charge in [-0.25, -0.2) is 4.98 Å². The summed E-state index contributed by atoms with van der Waals surface area (Å²) in [7, 11) is 0. The van der Waals surface area contributed by atoms with Crippen LogP contribution in [0.25, 0.3) is 22.6 Å². The van der Waals surface area contributed by atoms with Crippen molar-refractivity contribution in [1.82, 2.24) is 9.55 Å². The van der Waals surface area contributed by atoms with Gasteiger partial charge >= 0.3 is 0 Å². The Balaban J connectivity index is 1.96. The number of hydrogen-bond donors (Lipinski definition) is 0. The largest absolute Gasteiger partial charge is 0.292 e. The fraction of sp³-hybridized carbons (Fsp3) is 0.125. The maximum Gasteiger partial charge on any atom is 0.261 e. The molecule has 1 aromatic carbocycles. The van der Waals surface area contributed by atoms with Crippen LogP contribution >= 0.6 is 22.9 Å². The second kappa shape index (κ2) is 4.83. The number of hydrogen-bond acceptors (Lipinski definition) is 3. The zero-order chi connectivity index (χ0) is 14.4. The Morgan fingerprint density at radius 1 is 1.33 bits per heavy atom. The molecule has 0 radical (unpaired) electrons. The van der Waals surface area contributed by atoms with Crippen molar-refractivity contribution in [2.75, 3.05) is 0 Å². The second-order valence-electron chi connectivity index (χ2n) is 4.99. The van der Waals surface area contributed by atoms with E-state index in [1.165, 1.54) is 4.88 Å². The van der Waals surface area contributed by atoms with Crippen LogP contribution in [0, 0.1) is 0 Å². The number of thiophene rings is 1. The lowest BCUT2D eigenvalue weighted by atomic mass is 10.2. The van der Waals surface area contributed by atoms with Gasteiger partial charge in [0, 0.05) is 16.4 Å². The predicted octanol–water partition coefficient (Wildman–Crippen LogP) is 4.06. The number of fused-ring (bicyclic) bond motifs is 2. The van der Waals surface area contributed by atoms with Crippen LogP contribution < -0.4 is 5.56 Å². The Morgan fingerprint density at radius 3 is 3.05 bits per heavy atom. The quantitative estimate of drug-likeness (QED) is 0.679. The van der Waals surface area contributed by atoms with Crippen LogP contribution in [0.5, 0.6) is 0 Å². The zero-order valence-electron chi connectivity index (χ0n) is 11.0. The normalized spacial score (nSPS) is 15.8. The standard InChI is InChI=1S/C16H11ClN2OS/c17-11-3-4-14-13(9-11)16(20)19-6-5-10(15(19)18-14)8-12-2-1-7-21-12/h1-4,7-9H,5-6H2/b10-8-.